The molecule has 0 aromatic carbocycles. The fourth-order valence-electron chi connectivity index (χ4n) is 2.77. The molecule has 3 aliphatic rings. The molecule has 0 aromatic rings. The van der Waals surface area contributed by atoms with Gasteiger partial charge in [0, 0.05) is 0 Å². The molecule has 2 unspecified atom stereocenters. The lowest BCUT2D eigenvalue weighted by Gasteiger charge is -2.37. The zero-order chi connectivity index (χ0) is 28.9. The van der Waals surface area contributed by atoms with Crippen molar-refractivity contribution < 1.29 is 49.6 Å². The Balaban J connectivity index is 0.000000298. The normalized spacial score (nSPS) is 32.5. The first-order valence-electron chi connectivity index (χ1n) is 11.9. The molecule has 0 aromatic heterocycles. The van der Waals surface area contributed by atoms with Gasteiger partial charge in [-0.3, -0.25) is 0 Å². The highest BCUT2D eigenvalue weighted by molar-refractivity contribution is 6.45. The van der Waals surface area contributed by atoms with Crippen molar-refractivity contribution in [3.63, 3.8) is 0 Å². The second kappa shape index (κ2) is 18.8. The summed E-state index contributed by atoms with van der Waals surface area (Å²) in [6, 6.07) is 0. The molecule has 16 heteroatoms. The van der Waals surface area contributed by atoms with Crippen LogP contribution in [0.25, 0.3) is 0 Å². The largest absolute Gasteiger partial charge is 0.396 e. The molecular weight excluding hydrogens is 637 g/mol. The lowest BCUT2D eigenvalue weighted by molar-refractivity contribution is -0.103. The van der Waals surface area contributed by atoms with Gasteiger partial charge in [0.2, 0.25) is 0 Å². The minimum atomic E-state index is -1.16. The minimum absolute atomic E-state index is 0.141. The second-order valence-electron chi connectivity index (χ2n) is 9.56. The standard InChI is InChI=1S/C10H22O7.C6H6Cl6.C6H10O3/c11-1-9(2-12,3-13)7-17-8-10(4-14,5-15)6-16;7-1-2(8)4(10)6(12)5(11)3(1)9;1(5-3-8-5)7-2-6-4-9-6/h11-16H,1-8H2;1-6H;5-6H,1-4H2/t;1-,2-,3-,4+,5+,6+;. The van der Waals surface area contributed by atoms with Gasteiger partial charge in [-0.1, -0.05) is 0 Å². The molecule has 0 spiro atoms. The Bertz CT molecular complexity index is 518. The van der Waals surface area contributed by atoms with Gasteiger partial charge in [-0.25, -0.2) is 0 Å². The number of ether oxygens (including phenoxy) is 4. The number of alkyl halides is 6. The number of hydrogen-bond donors (Lipinski definition) is 6. The van der Waals surface area contributed by atoms with Crippen LogP contribution >= 0.6 is 69.6 Å². The molecule has 2 aliphatic heterocycles. The molecule has 2 atom stereocenters. The molecule has 0 bridgehead atoms. The van der Waals surface area contributed by atoms with E-state index in [1.165, 1.54) is 0 Å². The van der Waals surface area contributed by atoms with Crippen LogP contribution in [0.15, 0.2) is 0 Å². The first kappa shape index (κ1) is 37.4. The zero-order valence-corrected chi connectivity index (χ0v) is 25.2. The van der Waals surface area contributed by atoms with Crippen molar-refractivity contribution in [2.45, 2.75) is 44.5 Å². The molecule has 1 aliphatic carbocycles. The van der Waals surface area contributed by atoms with E-state index in [1.54, 1.807) is 0 Å². The van der Waals surface area contributed by atoms with Crippen molar-refractivity contribution in [3.05, 3.63) is 0 Å². The van der Waals surface area contributed by atoms with Gasteiger partial charge in [0.15, 0.2) is 0 Å². The minimum Gasteiger partial charge on any atom is -0.396 e. The van der Waals surface area contributed by atoms with Gasteiger partial charge in [-0.2, -0.15) is 0 Å². The third kappa shape index (κ3) is 12.3. The number of halogens is 6. The maximum Gasteiger partial charge on any atom is 0.104 e. The number of rotatable bonds is 14. The summed E-state index contributed by atoms with van der Waals surface area (Å²) in [5, 5.41) is 51.6. The Hall–Kier alpha value is 1.34. The van der Waals surface area contributed by atoms with Crippen molar-refractivity contribution in [2.75, 3.05) is 79.3 Å². The van der Waals surface area contributed by atoms with E-state index in [9.17, 15) is 0 Å². The topological polar surface area (TPSA) is 165 Å². The Labute approximate surface area is 252 Å². The first-order valence-corrected chi connectivity index (χ1v) is 14.5. The summed E-state index contributed by atoms with van der Waals surface area (Å²) in [4.78, 5) is 0. The van der Waals surface area contributed by atoms with Crippen molar-refractivity contribution in [1.82, 2.24) is 0 Å². The maximum atomic E-state index is 9.03. The van der Waals surface area contributed by atoms with Crippen LogP contribution in [0.4, 0.5) is 0 Å². The average Bonchev–Trinajstić information content (AvgIpc) is 3.88. The molecular formula is C22H38Cl6O10. The van der Waals surface area contributed by atoms with E-state index in [-0.39, 0.29) is 13.2 Å². The predicted molar refractivity (Wildman–Crippen MR) is 146 cm³/mol. The molecule has 10 nitrogen and oxygen atoms in total. The Morgan fingerprint density at radius 1 is 0.500 bits per heavy atom. The van der Waals surface area contributed by atoms with E-state index in [4.69, 9.17) is 119 Å². The van der Waals surface area contributed by atoms with Crippen molar-refractivity contribution in [1.29, 1.82) is 0 Å². The Kier molecular flexibility index (Phi) is 18.5. The van der Waals surface area contributed by atoms with E-state index >= 15 is 0 Å². The summed E-state index contributed by atoms with van der Waals surface area (Å²) in [5.41, 5.74) is -2.32. The summed E-state index contributed by atoms with van der Waals surface area (Å²) in [6.45, 7) is 0.255. The van der Waals surface area contributed by atoms with Crippen molar-refractivity contribution in [2.24, 2.45) is 10.8 Å². The van der Waals surface area contributed by atoms with Gasteiger partial charge in [-0.15, -0.1) is 69.6 Å². The highest BCUT2D eigenvalue weighted by Crippen LogP contribution is 2.39. The number of aliphatic hydroxyl groups excluding tert-OH is 6. The Morgan fingerprint density at radius 3 is 0.921 bits per heavy atom. The van der Waals surface area contributed by atoms with Crippen molar-refractivity contribution >= 4 is 69.6 Å². The molecule has 2 heterocycles. The first-order chi connectivity index (χ1) is 18.0. The molecule has 6 N–H and O–H groups in total. The average molecular weight is 675 g/mol. The van der Waals surface area contributed by atoms with Crippen LogP contribution in [0.1, 0.15) is 0 Å². The molecule has 2 saturated heterocycles. The molecule has 228 valence electrons. The zero-order valence-electron chi connectivity index (χ0n) is 20.7. The summed E-state index contributed by atoms with van der Waals surface area (Å²) in [7, 11) is 0. The molecule has 3 rings (SSSR count). The van der Waals surface area contributed by atoms with Gasteiger partial charge in [0.1, 0.15) is 12.2 Å². The second-order valence-corrected chi connectivity index (χ2v) is 12.6. The van der Waals surface area contributed by atoms with E-state index in [0.717, 1.165) is 26.4 Å². The maximum absolute atomic E-state index is 9.03. The lowest BCUT2D eigenvalue weighted by Crippen LogP contribution is -2.52. The number of hydrogen-bond acceptors (Lipinski definition) is 10. The van der Waals surface area contributed by atoms with Crippen LogP contribution < -0.4 is 0 Å². The van der Waals surface area contributed by atoms with Crippen LogP contribution in [0.2, 0.25) is 0 Å². The highest BCUT2D eigenvalue weighted by atomic mass is 35.5. The molecule has 3 fully saturated rings. The third-order valence-corrected chi connectivity index (χ3v) is 10.1. The molecule has 0 radical (unpaired) electrons. The van der Waals surface area contributed by atoms with Gasteiger partial charge in [0.05, 0.1) is 122 Å². The van der Waals surface area contributed by atoms with E-state index in [1.807, 2.05) is 0 Å². The lowest BCUT2D eigenvalue weighted by atomic mass is 9.91. The highest BCUT2D eigenvalue weighted by Gasteiger charge is 2.47. The Morgan fingerprint density at radius 2 is 0.737 bits per heavy atom. The van der Waals surface area contributed by atoms with Crippen LogP contribution in [0.5, 0.6) is 0 Å². The smallest absolute Gasteiger partial charge is 0.104 e. The van der Waals surface area contributed by atoms with E-state index in [2.05, 4.69) is 0 Å². The van der Waals surface area contributed by atoms with Gasteiger partial charge in [0.25, 0.3) is 0 Å². The number of aliphatic hydroxyl groups is 6. The SMILES string of the molecule is C(OCC1CO1)C1CO1.Cl[C@H]1[C@H](Cl)[C@@H](Cl)[C@@H](Cl)[C@H](Cl)[C@H]1Cl.OCC(CO)(CO)COCC(CO)(CO)CO. The summed E-state index contributed by atoms with van der Waals surface area (Å²) < 4.78 is 20.3. The molecule has 0 amide bonds. The summed E-state index contributed by atoms with van der Waals surface area (Å²) >= 11 is 35.3. The number of epoxide rings is 2. The van der Waals surface area contributed by atoms with E-state index < -0.39 is 82.7 Å². The van der Waals surface area contributed by atoms with Crippen molar-refractivity contribution in [3.8, 4) is 0 Å². The fraction of sp³-hybridized carbons (Fsp3) is 1.00. The van der Waals surface area contributed by atoms with Gasteiger partial charge < -0.3 is 49.6 Å². The molecule has 38 heavy (non-hydrogen) atoms. The van der Waals surface area contributed by atoms with Gasteiger partial charge >= 0.3 is 0 Å². The predicted octanol–water partition coefficient (Wildman–Crippen LogP) is 0.375. The van der Waals surface area contributed by atoms with E-state index in [0.29, 0.717) is 12.2 Å². The monoisotopic (exact) mass is 672 g/mol. The van der Waals surface area contributed by atoms with Crippen LogP contribution in [0.3, 0.4) is 0 Å². The summed E-state index contributed by atoms with van der Waals surface area (Å²) in [6.07, 6.45) is 0.785. The van der Waals surface area contributed by atoms with Gasteiger partial charge in [-0.05, 0) is 0 Å². The van der Waals surface area contributed by atoms with Crippen LogP contribution in [-0.4, -0.2) is 154 Å². The summed E-state index contributed by atoms with van der Waals surface area (Å²) in [5.74, 6) is 0. The quantitative estimate of drug-likeness (QED) is 0.112. The third-order valence-electron chi connectivity index (χ3n) is 6.07. The van der Waals surface area contributed by atoms with Crippen LogP contribution in [-0.2, 0) is 18.9 Å². The molecule has 1 saturated carbocycles. The fourth-order valence-corrected chi connectivity index (χ4v) is 5.10. The van der Waals surface area contributed by atoms with Crippen LogP contribution in [0, 0.1) is 10.8 Å².